The molecule has 3 aromatic carbocycles. The Morgan fingerprint density at radius 3 is 2.52 bits per heavy atom. The van der Waals surface area contributed by atoms with Gasteiger partial charge < -0.3 is 15.1 Å². The van der Waals surface area contributed by atoms with Gasteiger partial charge in [0.1, 0.15) is 0 Å². The van der Waals surface area contributed by atoms with E-state index in [9.17, 15) is 19.1 Å². The molecule has 0 saturated heterocycles. The Morgan fingerprint density at radius 1 is 1.07 bits per heavy atom. The van der Waals surface area contributed by atoms with Crippen LogP contribution in [0.25, 0.3) is 20.9 Å². The zero-order valence-electron chi connectivity index (χ0n) is 15.3. The minimum absolute atomic E-state index is 0.256. The summed E-state index contributed by atoms with van der Waals surface area (Å²) in [5.41, 5.74) is 0.720. The van der Waals surface area contributed by atoms with Crippen molar-refractivity contribution in [2.75, 3.05) is 5.32 Å². The Labute approximate surface area is 176 Å². The number of hydrogen-bond acceptors (Lipinski definition) is 3. The molecule has 0 aliphatic rings. The molecule has 0 radical (unpaired) electrons. The van der Waals surface area contributed by atoms with Crippen LogP contribution in [0.15, 0.2) is 66.0 Å². The number of hydrogen-bond donors (Lipinski definition) is 3. The van der Waals surface area contributed by atoms with E-state index in [2.05, 4.69) is 5.32 Å². The molecule has 1 amide bonds. The molecular weight excluding hydrogens is 429 g/mol. The van der Waals surface area contributed by atoms with Gasteiger partial charge in [0.2, 0.25) is 5.91 Å². The predicted molar refractivity (Wildman–Crippen MR) is 119 cm³/mol. The fraction of sp³-hybridized carbons (Fsp3) is 0.0952. The topological polar surface area (TPSA) is 86.6 Å². The van der Waals surface area contributed by atoms with E-state index in [0.29, 0.717) is 16.1 Å². The number of benzene rings is 3. The van der Waals surface area contributed by atoms with Crippen LogP contribution < -0.4 is 5.32 Å². The summed E-state index contributed by atoms with van der Waals surface area (Å²) in [4.78, 5) is 33.6. The highest BCUT2D eigenvalue weighted by Gasteiger charge is 2.52. The lowest BCUT2D eigenvalue weighted by atomic mass is 9.98. The van der Waals surface area contributed by atoms with Crippen molar-refractivity contribution in [3.05, 3.63) is 76.6 Å². The van der Waals surface area contributed by atoms with Gasteiger partial charge in [0, 0.05) is 15.4 Å². The average molecular weight is 446 g/mol. The number of anilines is 1. The fourth-order valence-electron chi connectivity index (χ4n) is 3.31. The fourth-order valence-corrected chi connectivity index (χ4v) is 5.44. The lowest BCUT2D eigenvalue weighted by Crippen LogP contribution is -2.37. The van der Waals surface area contributed by atoms with Crippen LogP contribution in [-0.4, -0.2) is 15.7 Å². The predicted octanol–water partition coefficient (Wildman–Crippen LogP) is 5.74. The second-order valence-electron chi connectivity index (χ2n) is 6.92. The van der Waals surface area contributed by atoms with E-state index in [-0.39, 0.29) is 5.56 Å². The molecule has 0 aliphatic heterocycles. The number of thiophene rings is 1. The molecule has 8 heteroatoms. The highest BCUT2D eigenvalue weighted by atomic mass is 35.5. The van der Waals surface area contributed by atoms with Crippen LogP contribution in [0, 0.1) is 0 Å². The Bertz CT molecular complexity index is 1300. The molecule has 1 unspecified atom stereocenters. The van der Waals surface area contributed by atoms with E-state index in [1.807, 2.05) is 30.3 Å². The Kier molecular flexibility index (Phi) is 5.01. The monoisotopic (exact) mass is 445 g/mol. The molecule has 1 aromatic heterocycles. The van der Waals surface area contributed by atoms with Gasteiger partial charge in [-0.2, -0.15) is 0 Å². The van der Waals surface area contributed by atoms with Crippen LogP contribution in [0.3, 0.4) is 0 Å². The second-order valence-corrected chi connectivity index (χ2v) is 10.3. The van der Waals surface area contributed by atoms with Gasteiger partial charge in [-0.05, 0) is 64.4 Å². The second kappa shape index (κ2) is 7.24. The quantitative estimate of drug-likeness (QED) is 0.349. The van der Waals surface area contributed by atoms with Crippen molar-refractivity contribution in [3.63, 3.8) is 0 Å². The maximum atomic E-state index is 13.2. The van der Waals surface area contributed by atoms with Crippen LogP contribution in [0.1, 0.15) is 12.5 Å². The minimum atomic E-state index is -4.89. The smallest absolute Gasteiger partial charge is 0.325 e. The van der Waals surface area contributed by atoms with E-state index < -0.39 is 18.7 Å². The van der Waals surface area contributed by atoms with Gasteiger partial charge in [-0.3, -0.25) is 9.36 Å². The van der Waals surface area contributed by atoms with Crippen molar-refractivity contribution in [1.29, 1.82) is 0 Å². The molecule has 1 heterocycles. The highest BCUT2D eigenvalue weighted by Crippen LogP contribution is 2.59. The lowest BCUT2D eigenvalue weighted by Gasteiger charge is -2.29. The maximum absolute atomic E-state index is 13.2. The molecule has 0 aliphatic carbocycles. The maximum Gasteiger partial charge on any atom is 0.345 e. The largest absolute Gasteiger partial charge is 0.345 e. The molecule has 148 valence electrons. The molecule has 29 heavy (non-hydrogen) atoms. The summed E-state index contributed by atoms with van der Waals surface area (Å²) in [7, 11) is -4.89. The lowest BCUT2D eigenvalue weighted by molar-refractivity contribution is -0.118. The number of fused-ring (bicyclic) bond motifs is 2. The SMILES string of the molecule is CC(C(=O)Nc1ccc2ccccc2c1)(c1csc2ccc(Cl)cc12)P(=O)(O)O. The van der Waals surface area contributed by atoms with Crippen molar-refractivity contribution in [2.24, 2.45) is 0 Å². The standard InChI is InChI=1S/C21H17ClNO4PS/c1-21(28(25,26)27,18-12-29-19-9-7-15(22)11-17(18)19)20(24)23-16-8-6-13-4-2-3-5-14(13)10-16/h2-12H,1H3,(H,23,24)(H2,25,26,27). The summed E-state index contributed by atoms with van der Waals surface area (Å²) in [6, 6.07) is 18.1. The van der Waals surface area contributed by atoms with Crippen molar-refractivity contribution in [2.45, 2.75) is 12.1 Å². The van der Waals surface area contributed by atoms with Crippen LogP contribution in [0.5, 0.6) is 0 Å². The molecule has 0 fully saturated rings. The normalized spacial score (nSPS) is 14.1. The van der Waals surface area contributed by atoms with Gasteiger partial charge in [0.15, 0.2) is 5.16 Å². The summed E-state index contributed by atoms with van der Waals surface area (Å²) in [5.74, 6) is -0.777. The molecule has 5 nitrogen and oxygen atoms in total. The van der Waals surface area contributed by atoms with Gasteiger partial charge in [-0.25, -0.2) is 0 Å². The first-order valence-corrected chi connectivity index (χ1v) is 11.6. The third kappa shape index (κ3) is 3.48. The number of nitrogens with one attached hydrogen (secondary N) is 1. The summed E-state index contributed by atoms with van der Waals surface area (Å²) in [5, 5.41) is 5.14. The molecule has 0 saturated carbocycles. The average Bonchev–Trinajstić information content (AvgIpc) is 3.09. The van der Waals surface area contributed by atoms with E-state index >= 15 is 0 Å². The Morgan fingerprint density at radius 2 is 1.79 bits per heavy atom. The summed E-state index contributed by atoms with van der Waals surface area (Å²) in [6.07, 6.45) is 0. The zero-order chi connectivity index (χ0) is 20.8. The molecule has 4 rings (SSSR count). The highest BCUT2D eigenvalue weighted by molar-refractivity contribution is 7.54. The van der Waals surface area contributed by atoms with E-state index in [4.69, 9.17) is 11.6 Å². The first-order chi connectivity index (χ1) is 13.7. The molecule has 0 spiro atoms. The Hall–Kier alpha value is -2.21. The van der Waals surface area contributed by atoms with E-state index in [1.165, 1.54) is 18.3 Å². The van der Waals surface area contributed by atoms with Crippen LogP contribution >= 0.6 is 30.5 Å². The van der Waals surface area contributed by atoms with Crippen LogP contribution in [0.4, 0.5) is 5.69 Å². The molecule has 3 N–H and O–H groups in total. The number of rotatable bonds is 4. The van der Waals surface area contributed by atoms with Gasteiger partial charge in [0.05, 0.1) is 0 Å². The van der Waals surface area contributed by atoms with E-state index in [1.54, 1.807) is 35.7 Å². The van der Waals surface area contributed by atoms with Crippen molar-refractivity contribution in [1.82, 2.24) is 0 Å². The number of amides is 1. The zero-order valence-corrected chi connectivity index (χ0v) is 17.8. The molecule has 4 aromatic rings. The number of halogens is 1. The first-order valence-electron chi connectivity index (χ1n) is 8.73. The number of carbonyl (C=O) groups excluding carboxylic acids is 1. The Balaban J connectivity index is 1.80. The summed E-state index contributed by atoms with van der Waals surface area (Å²) in [6.45, 7) is 1.27. The third-order valence-corrected chi connectivity index (χ3v) is 7.90. The van der Waals surface area contributed by atoms with Gasteiger partial charge in [-0.1, -0.05) is 41.9 Å². The van der Waals surface area contributed by atoms with Gasteiger partial charge >= 0.3 is 7.60 Å². The van der Waals surface area contributed by atoms with Crippen LogP contribution in [-0.2, 0) is 14.5 Å². The minimum Gasteiger partial charge on any atom is -0.325 e. The van der Waals surface area contributed by atoms with Gasteiger partial charge in [-0.15, -0.1) is 11.3 Å². The first kappa shape index (κ1) is 20.1. The van der Waals surface area contributed by atoms with Crippen molar-refractivity contribution >= 4 is 63.0 Å². The number of carbonyl (C=O) groups is 1. The van der Waals surface area contributed by atoms with Gasteiger partial charge in [0.25, 0.3) is 0 Å². The van der Waals surface area contributed by atoms with Crippen molar-refractivity contribution in [3.8, 4) is 0 Å². The summed E-state index contributed by atoms with van der Waals surface area (Å²) < 4.78 is 13.3. The summed E-state index contributed by atoms with van der Waals surface area (Å²) >= 11 is 7.40. The van der Waals surface area contributed by atoms with E-state index in [0.717, 1.165) is 15.5 Å². The molecular formula is C21H17ClNO4PS. The van der Waals surface area contributed by atoms with Crippen molar-refractivity contribution < 1.29 is 19.1 Å². The third-order valence-electron chi connectivity index (χ3n) is 5.09. The molecule has 1 atom stereocenters. The molecule has 0 bridgehead atoms. The van der Waals surface area contributed by atoms with Crippen LogP contribution in [0.2, 0.25) is 5.02 Å².